The summed E-state index contributed by atoms with van der Waals surface area (Å²) < 4.78 is 5.47. The lowest BCUT2D eigenvalue weighted by Gasteiger charge is -2.20. The van der Waals surface area contributed by atoms with Crippen LogP contribution in [-0.2, 0) is 16.1 Å². The number of pyridine rings is 1. The first-order chi connectivity index (χ1) is 10.8. The summed E-state index contributed by atoms with van der Waals surface area (Å²) in [5.74, 6) is -0.232. The molecule has 1 aromatic carbocycles. The van der Waals surface area contributed by atoms with E-state index < -0.39 is 0 Å². The fraction of sp³-hybridized carbons (Fsp3) is 0.222. The molecule has 2 aromatic rings. The molecule has 0 fully saturated rings. The van der Waals surface area contributed by atoms with Gasteiger partial charge < -0.3 is 10.1 Å². The van der Waals surface area contributed by atoms with E-state index in [1.54, 1.807) is 12.4 Å². The van der Waals surface area contributed by atoms with Gasteiger partial charge in [0.2, 0.25) is 0 Å². The molecule has 112 valence electrons. The van der Waals surface area contributed by atoms with Crippen LogP contribution in [0.25, 0.3) is 5.57 Å². The van der Waals surface area contributed by atoms with Crippen LogP contribution in [0.5, 0.6) is 0 Å². The molecule has 0 amide bonds. The van der Waals surface area contributed by atoms with Crippen molar-refractivity contribution >= 4 is 11.5 Å². The first kappa shape index (κ1) is 14.5. The largest absolute Gasteiger partial charge is 0.457 e. The SMILES string of the molecule is O=C(OCc1ccccc1)C1=C(c2cccnc2)CNCC1. The van der Waals surface area contributed by atoms with E-state index in [4.69, 9.17) is 4.74 Å². The number of carbonyl (C=O) groups excluding carboxylic acids is 1. The molecule has 3 rings (SSSR count). The third kappa shape index (κ3) is 3.40. The Morgan fingerprint density at radius 2 is 2.05 bits per heavy atom. The van der Waals surface area contributed by atoms with Crippen LogP contribution < -0.4 is 5.32 Å². The van der Waals surface area contributed by atoms with Crippen molar-refractivity contribution in [3.05, 3.63) is 71.6 Å². The summed E-state index contributed by atoms with van der Waals surface area (Å²) in [6.45, 7) is 1.76. The van der Waals surface area contributed by atoms with Gasteiger partial charge in [-0.15, -0.1) is 0 Å². The molecule has 1 aliphatic rings. The van der Waals surface area contributed by atoms with E-state index in [2.05, 4.69) is 10.3 Å². The standard InChI is InChI=1S/C18H18N2O2/c21-18(22-13-14-5-2-1-3-6-14)16-8-10-20-12-17(16)15-7-4-9-19-11-15/h1-7,9,11,20H,8,10,12-13H2. The minimum Gasteiger partial charge on any atom is -0.457 e. The number of rotatable bonds is 4. The lowest BCUT2D eigenvalue weighted by Crippen LogP contribution is -2.28. The van der Waals surface area contributed by atoms with Crippen LogP contribution >= 0.6 is 0 Å². The van der Waals surface area contributed by atoms with Gasteiger partial charge in [-0.05, 0) is 35.7 Å². The molecule has 0 saturated carbocycles. The van der Waals surface area contributed by atoms with Gasteiger partial charge in [0.15, 0.2) is 0 Å². The number of carbonyl (C=O) groups is 1. The second kappa shape index (κ2) is 7.00. The molecule has 0 unspecified atom stereocenters. The van der Waals surface area contributed by atoms with E-state index in [1.807, 2.05) is 42.5 Å². The predicted octanol–water partition coefficient (Wildman–Crippen LogP) is 2.57. The van der Waals surface area contributed by atoms with Crippen LogP contribution in [0.2, 0.25) is 0 Å². The zero-order valence-corrected chi connectivity index (χ0v) is 12.3. The van der Waals surface area contributed by atoms with Gasteiger partial charge in [-0.3, -0.25) is 4.98 Å². The number of benzene rings is 1. The van der Waals surface area contributed by atoms with Crippen molar-refractivity contribution in [3.63, 3.8) is 0 Å². The average molecular weight is 294 g/mol. The second-order valence-electron chi connectivity index (χ2n) is 5.19. The number of hydrogen-bond donors (Lipinski definition) is 1. The number of hydrogen-bond acceptors (Lipinski definition) is 4. The van der Waals surface area contributed by atoms with Gasteiger partial charge in [0, 0.05) is 24.5 Å². The van der Waals surface area contributed by atoms with Crippen molar-refractivity contribution in [2.45, 2.75) is 13.0 Å². The average Bonchev–Trinajstić information content (AvgIpc) is 2.61. The van der Waals surface area contributed by atoms with Crippen molar-refractivity contribution in [2.75, 3.05) is 13.1 Å². The Balaban J connectivity index is 1.78. The summed E-state index contributed by atoms with van der Waals surface area (Å²) in [4.78, 5) is 16.6. The van der Waals surface area contributed by atoms with E-state index >= 15 is 0 Å². The Morgan fingerprint density at radius 1 is 1.18 bits per heavy atom. The molecule has 0 spiro atoms. The Kier molecular flexibility index (Phi) is 4.61. The molecule has 1 aromatic heterocycles. The van der Waals surface area contributed by atoms with Crippen LogP contribution in [-0.4, -0.2) is 24.0 Å². The molecule has 1 N–H and O–H groups in total. The molecule has 0 aliphatic carbocycles. The predicted molar refractivity (Wildman–Crippen MR) is 84.9 cm³/mol. The van der Waals surface area contributed by atoms with Crippen LogP contribution in [0, 0.1) is 0 Å². The highest BCUT2D eigenvalue weighted by Gasteiger charge is 2.21. The van der Waals surface area contributed by atoms with Crippen molar-refractivity contribution < 1.29 is 9.53 Å². The molecule has 4 heteroatoms. The minimum atomic E-state index is -0.232. The smallest absolute Gasteiger partial charge is 0.334 e. The maximum Gasteiger partial charge on any atom is 0.334 e. The van der Waals surface area contributed by atoms with E-state index in [-0.39, 0.29) is 5.97 Å². The van der Waals surface area contributed by atoms with Crippen molar-refractivity contribution in [1.29, 1.82) is 0 Å². The highest BCUT2D eigenvalue weighted by molar-refractivity contribution is 5.98. The van der Waals surface area contributed by atoms with Crippen molar-refractivity contribution in [2.24, 2.45) is 0 Å². The second-order valence-corrected chi connectivity index (χ2v) is 5.19. The normalized spacial score (nSPS) is 14.7. The fourth-order valence-electron chi connectivity index (χ4n) is 2.54. The van der Waals surface area contributed by atoms with Gasteiger partial charge in [0.1, 0.15) is 6.61 Å². The molecule has 4 nitrogen and oxygen atoms in total. The molecule has 22 heavy (non-hydrogen) atoms. The van der Waals surface area contributed by atoms with Crippen LogP contribution in [0.4, 0.5) is 0 Å². The number of esters is 1. The summed E-state index contributed by atoms with van der Waals surface area (Å²) in [5, 5.41) is 3.30. The van der Waals surface area contributed by atoms with E-state index in [9.17, 15) is 4.79 Å². The van der Waals surface area contributed by atoms with E-state index in [0.717, 1.165) is 28.8 Å². The Labute approximate surface area is 129 Å². The summed E-state index contributed by atoms with van der Waals surface area (Å²) in [7, 11) is 0. The highest BCUT2D eigenvalue weighted by atomic mass is 16.5. The molecule has 0 bridgehead atoms. The van der Waals surface area contributed by atoms with Crippen LogP contribution in [0.1, 0.15) is 17.5 Å². The maximum absolute atomic E-state index is 12.4. The maximum atomic E-state index is 12.4. The summed E-state index contributed by atoms with van der Waals surface area (Å²) in [5.41, 5.74) is 3.70. The number of ether oxygens (including phenoxy) is 1. The quantitative estimate of drug-likeness (QED) is 0.881. The third-order valence-corrected chi connectivity index (χ3v) is 3.69. The summed E-state index contributed by atoms with van der Waals surface area (Å²) >= 11 is 0. The van der Waals surface area contributed by atoms with Gasteiger partial charge in [0.25, 0.3) is 0 Å². The Morgan fingerprint density at radius 3 is 2.82 bits per heavy atom. The van der Waals surface area contributed by atoms with Crippen molar-refractivity contribution in [3.8, 4) is 0 Å². The Bertz CT molecular complexity index is 666. The Hall–Kier alpha value is -2.46. The first-order valence-electron chi connectivity index (χ1n) is 7.39. The zero-order valence-electron chi connectivity index (χ0n) is 12.3. The minimum absolute atomic E-state index is 0.232. The monoisotopic (exact) mass is 294 g/mol. The van der Waals surface area contributed by atoms with Crippen molar-refractivity contribution in [1.82, 2.24) is 10.3 Å². The molecule has 0 radical (unpaired) electrons. The molecular weight excluding hydrogens is 276 g/mol. The number of nitrogens with one attached hydrogen (secondary N) is 1. The lowest BCUT2D eigenvalue weighted by atomic mass is 9.96. The zero-order chi connectivity index (χ0) is 15.2. The third-order valence-electron chi connectivity index (χ3n) is 3.69. The van der Waals surface area contributed by atoms with E-state index in [0.29, 0.717) is 19.6 Å². The number of nitrogens with zero attached hydrogens (tertiary/aromatic N) is 1. The van der Waals surface area contributed by atoms with Gasteiger partial charge in [-0.1, -0.05) is 36.4 Å². The molecule has 1 aliphatic heterocycles. The van der Waals surface area contributed by atoms with Gasteiger partial charge >= 0.3 is 5.97 Å². The first-order valence-corrected chi connectivity index (χ1v) is 7.39. The lowest BCUT2D eigenvalue weighted by molar-refractivity contribution is -0.140. The van der Waals surface area contributed by atoms with Gasteiger partial charge in [0.05, 0.1) is 0 Å². The fourth-order valence-corrected chi connectivity index (χ4v) is 2.54. The molecular formula is C18H18N2O2. The summed E-state index contributed by atoms with van der Waals surface area (Å²) in [6.07, 6.45) is 4.19. The highest BCUT2D eigenvalue weighted by Crippen LogP contribution is 2.23. The molecule has 0 atom stereocenters. The molecule has 0 saturated heterocycles. The topological polar surface area (TPSA) is 51.2 Å². The van der Waals surface area contributed by atoms with E-state index in [1.165, 1.54) is 0 Å². The number of aromatic nitrogens is 1. The molecule has 2 heterocycles. The van der Waals surface area contributed by atoms with Crippen LogP contribution in [0.3, 0.4) is 0 Å². The van der Waals surface area contributed by atoms with Crippen LogP contribution in [0.15, 0.2) is 60.4 Å². The summed E-state index contributed by atoms with van der Waals surface area (Å²) in [6, 6.07) is 13.6. The van der Waals surface area contributed by atoms with Gasteiger partial charge in [-0.25, -0.2) is 4.79 Å². The van der Waals surface area contributed by atoms with Gasteiger partial charge in [-0.2, -0.15) is 0 Å².